The minimum Gasteiger partial charge on any atom is -0.263 e. The van der Waals surface area contributed by atoms with Gasteiger partial charge in [-0.2, -0.15) is 0 Å². The van der Waals surface area contributed by atoms with Gasteiger partial charge < -0.3 is 0 Å². The fourth-order valence-corrected chi connectivity index (χ4v) is 1.42. The van der Waals surface area contributed by atoms with Crippen LogP contribution in [0.4, 0.5) is 0 Å². The van der Waals surface area contributed by atoms with Crippen molar-refractivity contribution in [1.29, 1.82) is 0 Å². The first-order valence-electron chi connectivity index (χ1n) is 3.69. The zero-order chi connectivity index (χ0) is 10.7. The minimum absolute atomic E-state index is 0.546. The van der Waals surface area contributed by atoms with Crippen LogP contribution in [0.2, 0.25) is 5.02 Å². The number of benzene rings is 1. The van der Waals surface area contributed by atoms with Gasteiger partial charge in [0.2, 0.25) is 0 Å². The maximum Gasteiger partial charge on any atom is 0.306 e. The second-order valence-electron chi connectivity index (χ2n) is 2.61. The average Bonchev–Trinajstić information content (AvgIpc) is 2.16. The van der Waals surface area contributed by atoms with Gasteiger partial charge in [0.25, 0.3) is 0 Å². The summed E-state index contributed by atoms with van der Waals surface area (Å²) in [6, 6.07) is 6.43. The molecule has 0 amide bonds. The highest BCUT2D eigenvalue weighted by molar-refractivity contribution is 6.31. The van der Waals surface area contributed by atoms with Gasteiger partial charge in [-0.15, -0.1) is 11.6 Å². The van der Waals surface area contributed by atoms with Crippen LogP contribution in [-0.4, -0.2) is 10.4 Å². The first-order chi connectivity index (χ1) is 6.52. The van der Waals surface area contributed by atoms with E-state index in [9.17, 15) is 10.1 Å². The van der Waals surface area contributed by atoms with Crippen LogP contribution in [0.1, 0.15) is 10.9 Å². The quantitative estimate of drug-likeness (QED) is 0.359. The van der Waals surface area contributed by atoms with E-state index in [4.69, 9.17) is 34.8 Å². The summed E-state index contributed by atoms with van der Waals surface area (Å²) in [6.07, 6.45) is 0. The molecule has 0 N–H and O–H groups in total. The zero-order valence-corrected chi connectivity index (χ0v) is 9.13. The Kier molecular flexibility index (Phi) is 3.98. The molecule has 0 aromatic heterocycles. The van der Waals surface area contributed by atoms with E-state index >= 15 is 0 Å². The van der Waals surface area contributed by atoms with Crippen molar-refractivity contribution in [3.63, 3.8) is 0 Å². The fourth-order valence-electron chi connectivity index (χ4n) is 0.912. The summed E-state index contributed by atoms with van der Waals surface area (Å²) in [5.41, 5.74) is -0.759. The van der Waals surface area contributed by atoms with Crippen molar-refractivity contribution in [2.75, 3.05) is 0 Å². The Morgan fingerprint density at radius 3 is 2.14 bits per heavy atom. The number of hydrogen-bond acceptors (Lipinski definition) is 2. The molecule has 6 heteroatoms. The van der Waals surface area contributed by atoms with Crippen LogP contribution in [0, 0.1) is 10.1 Å². The topological polar surface area (TPSA) is 43.1 Å². The van der Waals surface area contributed by atoms with Gasteiger partial charge in [-0.05, 0) is 29.3 Å². The number of nitrogens with zero attached hydrogens (tertiary/aromatic N) is 1. The van der Waals surface area contributed by atoms with Crippen molar-refractivity contribution in [1.82, 2.24) is 0 Å². The maximum atomic E-state index is 10.3. The van der Waals surface area contributed by atoms with E-state index in [2.05, 4.69) is 0 Å². The first kappa shape index (κ1) is 11.6. The highest BCUT2D eigenvalue weighted by Gasteiger charge is 2.28. The van der Waals surface area contributed by atoms with E-state index in [1.54, 1.807) is 24.3 Å². The third-order valence-electron chi connectivity index (χ3n) is 1.63. The minimum atomic E-state index is -1.34. The lowest BCUT2D eigenvalue weighted by Gasteiger charge is -2.09. The second-order valence-corrected chi connectivity index (χ2v) is 3.97. The van der Waals surface area contributed by atoms with Gasteiger partial charge in [0.05, 0.1) is 0 Å². The Morgan fingerprint density at radius 1 is 1.21 bits per heavy atom. The number of nitro groups is 1. The first-order valence-corrected chi connectivity index (χ1v) is 4.94. The summed E-state index contributed by atoms with van der Waals surface area (Å²) in [7, 11) is 0. The van der Waals surface area contributed by atoms with Crippen LogP contribution in [0.5, 0.6) is 0 Å². The van der Waals surface area contributed by atoms with E-state index in [1.165, 1.54) is 0 Å². The molecule has 0 fully saturated rings. The van der Waals surface area contributed by atoms with Crippen LogP contribution >= 0.6 is 34.8 Å². The van der Waals surface area contributed by atoms with Gasteiger partial charge in [-0.25, -0.2) is 0 Å². The van der Waals surface area contributed by atoms with E-state index in [0.29, 0.717) is 10.6 Å². The van der Waals surface area contributed by atoms with Crippen LogP contribution in [0.25, 0.3) is 0 Å². The molecule has 0 bridgehead atoms. The molecular formula is C8H6Cl3NO2. The molecule has 0 unspecified atom stereocenters. The van der Waals surface area contributed by atoms with E-state index < -0.39 is 15.8 Å². The smallest absolute Gasteiger partial charge is 0.263 e. The van der Waals surface area contributed by atoms with Crippen molar-refractivity contribution in [3.8, 4) is 0 Å². The number of rotatable bonds is 3. The largest absolute Gasteiger partial charge is 0.306 e. The Morgan fingerprint density at radius 2 is 1.71 bits per heavy atom. The predicted octanol–water partition coefficient (Wildman–Crippen LogP) is 3.46. The lowest BCUT2D eigenvalue weighted by molar-refractivity contribution is -0.498. The van der Waals surface area contributed by atoms with Crippen LogP contribution in [0.15, 0.2) is 24.3 Å². The Balaban J connectivity index is 2.84. The van der Waals surface area contributed by atoms with E-state index in [0.717, 1.165) is 0 Å². The van der Waals surface area contributed by atoms with Gasteiger partial charge in [-0.3, -0.25) is 10.1 Å². The van der Waals surface area contributed by atoms with Crippen molar-refractivity contribution >= 4 is 34.8 Å². The molecule has 2 atom stereocenters. The van der Waals surface area contributed by atoms with E-state index in [-0.39, 0.29) is 0 Å². The van der Waals surface area contributed by atoms with E-state index in [1.807, 2.05) is 0 Å². The summed E-state index contributed by atoms with van der Waals surface area (Å²) < 4.78 is 0. The van der Waals surface area contributed by atoms with Crippen molar-refractivity contribution < 1.29 is 4.92 Å². The summed E-state index contributed by atoms with van der Waals surface area (Å²) in [5.74, 6) is 0. The lowest BCUT2D eigenvalue weighted by atomic mass is 10.1. The third kappa shape index (κ3) is 2.74. The van der Waals surface area contributed by atoms with Gasteiger partial charge in [0.1, 0.15) is 5.38 Å². The molecule has 1 aromatic carbocycles. The molecule has 0 heterocycles. The lowest BCUT2D eigenvalue weighted by Crippen LogP contribution is -2.17. The molecule has 1 aromatic rings. The average molecular weight is 255 g/mol. The predicted molar refractivity (Wildman–Crippen MR) is 56.7 cm³/mol. The molecular weight excluding hydrogens is 248 g/mol. The molecule has 76 valence electrons. The fraction of sp³-hybridized carbons (Fsp3) is 0.250. The number of alkyl halides is 2. The highest BCUT2D eigenvalue weighted by atomic mass is 35.5. The van der Waals surface area contributed by atoms with Crippen molar-refractivity contribution in [2.45, 2.75) is 10.9 Å². The van der Waals surface area contributed by atoms with Crippen LogP contribution in [0.3, 0.4) is 0 Å². The molecule has 14 heavy (non-hydrogen) atoms. The summed E-state index contributed by atoms with van der Waals surface area (Å²) in [6.45, 7) is 0. The summed E-state index contributed by atoms with van der Waals surface area (Å²) in [4.78, 5) is 9.71. The van der Waals surface area contributed by atoms with Gasteiger partial charge in [0.15, 0.2) is 0 Å². The molecule has 0 radical (unpaired) electrons. The molecule has 0 saturated heterocycles. The number of hydrogen-bond donors (Lipinski definition) is 0. The Labute approximate surface area is 95.7 Å². The van der Waals surface area contributed by atoms with Crippen molar-refractivity contribution in [3.05, 3.63) is 45.0 Å². The maximum absolute atomic E-state index is 10.3. The van der Waals surface area contributed by atoms with Gasteiger partial charge in [-0.1, -0.05) is 23.7 Å². The molecule has 3 nitrogen and oxygen atoms in total. The standard InChI is InChI=1S/C8H6Cl3NO2/c9-6-3-1-5(2-4-6)7(10)8(11)12(13)14/h1-4,7-8H/t7-,8-/m0/s1. The van der Waals surface area contributed by atoms with Crippen LogP contribution in [-0.2, 0) is 0 Å². The number of halogens is 3. The monoisotopic (exact) mass is 253 g/mol. The van der Waals surface area contributed by atoms with Gasteiger partial charge in [0, 0.05) is 9.95 Å². The zero-order valence-electron chi connectivity index (χ0n) is 6.86. The normalized spacial score (nSPS) is 14.8. The molecule has 0 aliphatic rings. The van der Waals surface area contributed by atoms with Crippen molar-refractivity contribution in [2.24, 2.45) is 0 Å². The molecule has 0 aliphatic heterocycles. The molecule has 1 rings (SSSR count). The SMILES string of the molecule is O=[N+]([O-])[C@H](Cl)[C@@H](Cl)c1ccc(Cl)cc1. The van der Waals surface area contributed by atoms with Crippen LogP contribution < -0.4 is 0 Å². The second kappa shape index (κ2) is 4.82. The van der Waals surface area contributed by atoms with Gasteiger partial charge >= 0.3 is 5.50 Å². The third-order valence-corrected chi connectivity index (χ3v) is 2.91. The summed E-state index contributed by atoms with van der Waals surface area (Å²) in [5, 5.41) is 10.0. The Bertz CT molecular complexity index is 328. The Hall–Kier alpha value is -0.510. The molecule has 0 spiro atoms. The highest BCUT2D eigenvalue weighted by Crippen LogP contribution is 2.28. The summed E-state index contributed by atoms with van der Waals surface area (Å²) >= 11 is 16.9. The molecule has 0 saturated carbocycles. The molecule has 0 aliphatic carbocycles.